The summed E-state index contributed by atoms with van der Waals surface area (Å²) in [7, 11) is 3.71. The monoisotopic (exact) mass is 253 g/mol. The van der Waals surface area contributed by atoms with E-state index in [0.29, 0.717) is 12.5 Å². The van der Waals surface area contributed by atoms with Crippen LogP contribution in [-0.2, 0) is 13.6 Å². The van der Waals surface area contributed by atoms with Crippen LogP contribution in [0.2, 0.25) is 5.28 Å². The summed E-state index contributed by atoms with van der Waals surface area (Å²) in [5, 5.41) is 4.17. The van der Waals surface area contributed by atoms with E-state index >= 15 is 0 Å². The molecule has 0 atom stereocenters. The minimum absolute atomic E-state index is 0.0885. The Hall–Kier alpha value is -1.89. The lowest BCUT2D eigenvalue weighted by Crippen LogP contribution is -2.20. The number of aromatic nitrogens is 5. The molecule has 0 fully saturated rings. The van der Waals surface area contributed by atoms with Crippen LogP contribution in [0.5, 0.6) is 0 Å². The van der Waals surface area contributed by atoms with Crippen molar-refractivity contribution in [2.24, 2.45) is 7.05 Å². The third-order valence-electron chi connectivity index (χ3n) is 2.13. The van der Waals surface area contributed by atoms with E-state index in [1.807, 2.05) is 25.2 Å². The Morgan fingerprint density at radius 1 is 1.41 bits per heavy atom. The standard InChI is InChI=1S/C9H12ClN7/c1-16(4-6-3-12-17(2)5-6)9-14-7(10)13-8(11)15-9/h3,5H,4H2,1-2H3,(H2,11,13,14,15). The molecule has 2 rings (SSSR count). The minimum atomic E-state index is 0.0885. The van der Waals surface area contributed by atoms with Crippen molar-refractivity contribution in [2.45, 2.75) is 6.54 Å². The highest BCUT2D eigenvalue weighted by Gasteiger charge is 2.09. The summed E-state index contributed by atoms with van der Waals surface area (Å²) in [4.78, 5) is 13.5. The highest BCUT2D eigenvalue weighted by Crippen LogP contribution is 2.13. The normalized spacial score (nSPS) is 10.5. The lowest BCUT2D eigenvalue weighted by Gasteiger charge is -2.15. The second-order valence-electron chi connectivity index (χ2n) is 3.64. The molecule has 0 unspecified atom stereocenters. The van der Waals surface area contributed by atoms with E-state index in [9.17, 15) is 0 Å². The van der Waals surface area contributed by atoms with Gasteiger partial charge in [-0.25, -0.2) is 0 Å². The molecule has 7 nitrogen and oxygen atoms in total. The van der Waals surface area contributed by atoms with Crippen LogP contribution in [0.1, 0.15) is 5.56 Å². The van der Waals surface area contributed by atoms with Crippen LogP contribution in [0.4, 0.5) is 11.9 Å². The first-order chi connectivity index (χ1) is 8.04. The molecule has 0 aromatic carbocycles. The van der Waals surface area contributed by atoms with Gasteiger partial charge in [0.05, 0.1) is 6.20 Å². The molecule has 0 aliphatic rings. The van der Waals surface area contributed by atoms with Crippen molar-refractivity contribution in [2.75, 3.05) is 17.7 Å². The fourth-order valence-corrected chi connectivity index (χ4v) is 1.59. The number of rotatable bonds is 3. The third-order valence-corrected chi connectivity index (χ3v) is 2.30. The van der Waals surface area contributed by atoms with Gasteiger partial charge in [0.15, 0.2) is 0 Å². The lowest BCUT2D eigenvalue weighted by atomic mass is 10.3. The molecule has 0 amide bonds. The molecule has 0 aliphatic heterocycles. The van der Waals surface area contributed by atoms with Crippen molar-refractivity contribution in [3.63, 3.8) is 0 Å². The minimum Gasteiger partial charge on any atom is -0.368 e. The number of nitrogens with two attached hydrogens (primary N) is 1. The Balaban J connectivity index is 2.16. The van der Waals surface area contributed by atoms with E-state index in [4.69, 9.17) is 17.3 Å². The summed E-state index contributed by atoms with van der Waals surface area (Å²) in [6, 6.07) is 0. The Bertz CT molecular complexity index is 504. The van der Waals surface area contributed by atoms with E-state index in [1.165, 1.54) is 0 Å². The predicted molar refractivity (Wildman–Crippen MR) is 64.6 cm³/mol. The molecule has 8 heteroatoms. The number of nitrogens with zero attached hydrogens (tertiary/aromatic N) is 6. The van der Waals surface area contributed by atoms with Crippen LogP contribution < -0.4 is 10.6 Å². The molecule has 17 heavy (non-hydrogen) atoms. The summed E-state index contributed by atoms with van der Waals surface area (Å²) < 4.78 is 1.73. The van der Waals surface area contributed by atoms with E-state index in [1.54, 1.807) is 10.9 Å². The van der Waals surface area contributed by atoms with Crippen LogP contribution in [0.25, 0.3) is 0 Å². The number of halogens is 1. The van der Waals surface area contributed by atoms with Gasteiger partial charge in [0, 0.05) is 32.4 Å². The van der Waals surface area contributed by atoms with E-state index < -0.39 is 0 Å². The molecular weight excluding hydrogens is 242 g/mol. The zero-order valence-electron chi connectivity index (χ0n) is 9.50. The summed E-state index contributed by atoms with van der Waals surface area (Å²) in [5.41, 5.74) is 6.55. The van der Waals surface area contributed by atoms with Crippen molar-refractivity contribution in [3.8, 4) is 0 Å². The molecule has 2 aromatic heterocycles. The van der Waals surface area contributed by atoms with Gasteiger partial charge in [-0.2, -0.15) is 20.1 Å². The molecule has 0 bridgehead atoms. The Morgan fingerprint density at radius 3 is 2.76 bits per heavy atom. The van der Waals surface area contributed by atoms with Crippen molar-refractivity contribution in [3.05, 3.63) is 23.2 Å². The third kappa shape index (κ3) is 2.82. The lowest BCUT2D eigenvalue weighted by molar-refractivity contribution is 0.766. The van der Waals surface area contributed by atoms with E-state index in [2.05, 4.69) is 20.1 Å². The Morgan fingerprint density at radius 2 is 2.18 bits per heavy atom. The maximum Gasteiger partial charge on any atom is 0.231 e. The molecule has 90 valence electrons. The number of aryl methyl sites for hydroxylation is 1. The van der Waals surface area contributed by atoms with Gasteiger partial charge in [0.25, 0.3) is 0 Å². The van der Waals surface area contributed by atoms with Crippen LogP contribution in [0.15, 0.2) is 12.4 Å². The van der Waals surface area contributed by atoms with Gasteiger partial charge in [-0.1, -0.05) is 0 Å². The molecule has 0 spiro atoms. The van der Waals surface area contributed by atoms with Crippen LogP contribution in [0.3, 0.4) is 0 Å². The average molecular weight is 254 g/mol. The van der Waals surface area contributed by atoms with Gasteiger partial charge >= 0.3 is 0 Å². The fourth-order valence-electron chi connectivity index (χ4n) is 1.42. The first kappa shape index (κ1) is 11.6. The van der Waals surface area contributed by atoms with Gasteiger partial charge in [0.2, 0.25) is 17.2 Å². The molecule has 0 aliphatic carbocycles. The zero-order valence-corrected chi connectivity index (χ0v) is 10.3. The SMILES string of the molecule is CN(Cc1cnn(C)c1)c1nc(N)nc(Cl)n1. The van der Waals surface area contributed by atoms with Gasteiger partial charge in [-0.05, 0) is 11.6 Å². The van der Waals surface area contributed by atoms with E-state index in [-0.39, 0.29) is 11.2 Å². The second-order valence-corrected chi connectivity index (χ2v) is 3.98. The fraction of sp³-hybridized carbons (Fsp3) is 0.333. The quantitative estimate of drug-likeness (QED) is 0.856. The Labute approximate surface area is 103 Å². The number of nitrogen functional groups attached to an aromatic ring is 1. The first-order valence-electron chi connectivity index (χ1n) is 4.90. The first-order valence-corrected chi connectivity index (χ1v) is 5.28. The van der Waals surface area contributed by atoms with Gasteiger partial charge in [0.1, 0.15) is 0 Å². The van der Waals surface area contributed by atoms with Crippen LogP contribution in [-0.4, -0.2) is 31.8 Å². The Kier molecular flexibility index (Phi) is 3.10. The second kappa shape index (κ2) is 4.54. The molecule has 2 aromatic rings. The number of hydrogen-bond acceptors (Lipinski definition) is 6. The smallest absolute Gasteiger partial charge is 0.231 e. The largest absolute Gasteiger partial charge is 0.368 e. The molecule has 0 radical (unpaired) electrons. The van der Waals surface area contributed by atoms with Crippen molar-refractivity contribution >= 4 is 23.5 Å². The molecular formula is C9H12ClN7. The average Bonchev–Trinajstić information content (AvgIpc) is 2.62. The van der Waals surface area contributed by atoms with Gasteiger partial charge < -0.3 is 10.6 Å². The zero-order chi connectivity index (χ0) is 12.4. The molecule has 0 saturated carbocycles. The maximum absolute atomic E-state index is 5.72. The van der Waals surface area contributed by atoms with Crippen molar-refractivity contribution in [1.29, 1.82) is 0 Å². The number of hydrogen-bond donors (Lipinski definition) is 1. The maximum atomic E-state index is 5.72. The van der Waals surface area contributed by atoms with E-state index in [0.717, 1.165) is 5.56 Å². The summed E-state index contributed by atoms with van der Waals surface area (Å²) >= 11 is 5.72. The molecule has 0 saturated heterocycles. The topological polar surface area (TPSA) is 85.8 Å². The molecule has 2 heterocycles. The van der Waals surface area contributed by atoms with Crippen molar-refractivity contribution < 1.29 is 0 Å². The highest BCUT2D eigenvalue weighted by atomic mass is 35.5. The van der Waals surface area contributed by atoms with Gasteiger partial charge in [-0.3, -0.25) is 4.68 Å². The van der Waals surface area contributed by atoms with Gasteiger partial charge in [-0.15, -0.1) is 0 Å². The predicted octanol–water partition coefficient (Wildman–Crippen LogP) is 0.477. The molecule has 2 N–H and O–H groups in total. The van der Waals surface area contributed by atoms with Crippen LogP contribution >= 0.6 is 11.6 Å². The van der Waals surface area contributed by atoms with Crippen molar-refractivity contribution in [1.82, 2.24) is 24.7 Å². The highest BCUT2D eigenvalue weighted by molar-refractivity contribution is 6.28. The van der Waals surface area contributed by atoms with Crippen LogP contribution in [0, 0.1) is 0 Å². The summed E-state index contributed by atoms with van der Waals surface area (Å²) in [6.45, 7) is 0.619. The summed E-state index contributed by atoms with van der Waals surface area (Å²) in [5.74, 6) is 0.546. The number of anilines is 2. The summed E-state index contributed by atoms with van der Waals surface area (Å²) in [6.07, 6.45) is 3.70.